The Kier molecular flexibility index (Phi) is 5.17. The number of nitrogens with zero attached hydrogens (tertiary/aromatic N) is 2. The van der Waals surface area contributed by atoms with Crippen LogP contribution in [0.25, 0.3) is 5.69 Å². The van der Waals surface area contributed by atoms with E-state index in [-0.39, 0.29) is 10.3 Å². The second-order valence-corrected chi connectivity index (χ2v) is 11.1. The van der Waals surface area contributed by atoms with Crippen molar-refractivity contribution in [2.24, 2.45) is 0 Å². The van der Waals surface area contributed by atoms with Gasteiger partial charge in [-0.3, -0.25) is 4.72 Å². The number of hydrogen-bond donors (Lipinski definition) is 1. The van der Waals surface area contributed by atoms with Gasteiger partial charge in [-0.05, 0) is 41.3 Å². The molecule has 0 bridgehead atoms. The van der Waals surface area contributed by atoms with E-state index in [2.05, 4.69) is 30.6 Å². The van der Waals surface area contributed by atoms with Crippen molar-refractivity contribution in [3.63, 3.8) is 0 Å². The van der Waals surface area contributed by atoms with Gasteiger partial charge < -0.3 is 0 Å². The lowest BCUT2D eigenvalue weighted by atomic mass is 9.87. The standard InChI is InChI=1S/C21H22ClN3O2S2/c1-21(2,3)14-7-9-17(10-8-14)29(26,27)24-20-18-12-28-13-19(18)23-25(20)16-6-4-5-15(22)11-16/h4-11,24H,12-13H2,1-3H3. The van der Waals surface area contributed by atoms with Crippen molar-refractivity contribution < 1.29 is 8.42 Å². The maximum atomic E-state index is 13.1. The Morgan fingerprint density at radius 2 is 1.83 bits per heavy atom. The van der Waals surface area contributed by atoms with Gasteiger partial charge >= 0.3 is 0 Å². The van der Waals surface area contributed by atoms with E-state index in [1.54, 1.807) is 40.7 Å². The molecule has 0 fully saturated rings. The first-order valence-corrected chi connectivity index (χ1v) is 12.2. The summed E-state index contributed by atoms with van der Waals surface area (Å²) in [4.78, 5) is 0.226. The van der Waals surface area contributed by atoms with Crippen LogP contribution >= 0.6 is 23.4 Å². The normalized spacial score (nSPS) is 14.1. The van der Waals surface area contributed by atoms with Gasteiger partial charge in [0.2, 0.25) is 0 Å². The summed E-state index contributed by atoms with van der Waals surface area (Å²) in [7, 11) is -3.76. The number of sulfonamides is 1. The molecule has 2 heterocycles. The second kappa shape index (κ2) is 7.38. The van der Waals surface area contributed by atoms with Crippen molar-refractivity contribution in [2.75, 3.05) is 4.72 Å². The molecule has 8 heteroatoms. The molecular formula is C21H22ClN3O2S2. The Morgan fingerprint density at radius 1 is 1.10 bits per heavy atom. The molecule has 0 unspecified atom stereocenters. The average molecular weight is 448 g/mol. The predicted molar refractivity (Wildman–Crippen MR) is 120 cm³/mol. The molecule has 0 aliphatic carbocycles. The second-order valence-electron chi connectivity index (χ2n) is 8.04. The number of nitrogens with one attached hydrogen (secondary N) is 1. The van der Waals surface area contributed by atoms with Crippen LogP contribution in [-0.2, 0) is 26.9 Å². The van der Waals surface area contributed by atoms with Crippen LogP contribution in [0.3, 0.4) is 0 Å². The van der Waals surface area contributed by atoms with Crippen LogP contribution in [0.1, 0.15) is 37.6 Å². The lowest BCUT2D eigenvalue weighted by Gasteiger charge is -2.19. The smallest absolute Gasteiger partial charge is 0.263 e. The zero-order valence-electron chi connectivity index (χ0n) is 16.4. The Balaban J connectivity index is 1.74. The number of hydrogen-bond acceptors (Lipinski definition) is 4. The van der Waals surface area contributed by atoms with Crippen LogP contribution in [0.4, 0.5) is 5.82 Å². The molecule has 0 saturated carbocycles. The molecule has 1 aliphatic rings. The Hall–Kier alpha value is -1.96. The summed E-state index contributed by atoms with van der Waals surface area (Å²) in [6.45, 7) is 6.29. The lowest BCUT2D eigenvalue weighted by molar-refractivity contribution is 0.587. The molecule has 1 N–H and O–H groups in total. The van der Waals surface area contributed by atoms with Crippen LogP contribution in [0.5, 0.6) is 0 Å². The van der Waals surface area contributed by atoms with Crippen molar-refractivity contribution >= 4 is 39.2 Å². The third kappa shape index (κ3) is 4.04. The SMILES string of the molecule is CC(C)(C)c1ccc(S(=O)(=O)Nc2c3c(nn2-c2cccc(Cl)c2)CSC3)cc1. The summed E-state index contributed by atoms with van der Waals surface area (Å²) < 4.78 is 30.7. The zero-order chi connectivity index (χ0) is 20.8. The summed E-state index contributed by atoms with van der Waals surface area (Å²) in [6, 6.07) is 14.3. The highest BCUT2D eigenvalue weighted by Gasteiger charge is 2.27. The summed E-state index contributed by atoms with van der Waals surface area (Å²) in [5, 5.41) is 5.21. The average Bonchev–Trinajstić information content (AvgIpc) is 3.24. The molecule has 29 heavy (non-hydrogen) atoms. The largest absolute Gasteiger partial charge is 0.263 e. The van der Waals surface area contributed by atoms with E-state index in [4.69, 9.17) is 11.6 Å². The van der Waals surface area contributed by atoms with Crippen molar-refractivity contribution in [1.82, 2.24) is 9.78 Å². The van der Waals surface area contributed by atoms with E-state index in [1.807, 2.05) is 24.3 Å². The Bertz CT molecular complexity index is 1160. The first-order valence-electron chi connectivity index (χ1n) is 9.23. The molecular weight excluding hydrogens is 426 g/mol. The minimum atomic E-state index is -3.76. The molecule has 5 nitrogen and oxygen atoms in total. The number of halogens is 1. The highest BCUT2D eigenvalue weighted by molar-refractivity contribution is 7.98. The van der Waals surface area contributed by atoms with Gasteiger partial charge in [-0.25, -0.2) is 13.1 Å². The van der Waals surface area contributed by atoms with Crippen LogP contribution in [0.15, 0.2) is 53.4 Å². The monoisotopic (exact) mass is 447 g/mol. The summed E-state index contributed by atoms with van der Waals surface area (Å²) in [5.74, 6) is 1.96. The summed E-state index contributed by atoms with van der Waals surface area (Å²) >= 11 is 7.86. The van der Waals surface area contributed by atoms with Gasteiger partial charge in [0.15, 0.2) is 0 Å². The minimum Gasteiger partial charge on any atom is -0.263 e. The molecule has 2 aromatic carbocycles. The van der Waals surface area contributed by atoms with Crippen molar-refractivity contribution in [3.05, 3.63) is 70.4 Å². The minimum absolute atomic E-state index is 0.0427. The zero-order valence-corrected chi connectivity index (χ0v) is 18.8. The van der Waals surface area contributed by atoms with Gasteiger partial charge in [0, 0.05) is 22.1 Å². The molecule has 1 aliphatic heterocycles. The summed E-state index contributed by atoms with van der Waals surface area (Å²) in [6.07, 6.45) is 0. The molecule has 4 rings (SSSR count). The molecule has 3 aromatic rings. The maximum Gasteiger partial charge on any atom is 0.263 e. The van der Waals surface area contributed by atoms with Gasteiger partial charge in [0.25, 0.3) is 10.0 Å². The van der Waals surface area contributed by atoms with E-state index in [0.717, 1.165) is 34.0 Å². The van der Waals surface area contributed by atoms with Crippen LogP contribution in [-0.4, -0.2) is 18.2 Å². The number of aromatic nitrogens is 2. The topological polar surface area (TPSA) is 64.0 Å². The van der Waals surface area contributed by atoms with Crippen LogP contribution in [0, 0.1) is 0 Å². The molecule has 1 aromatic heterocycles. The van der Waals surface area contributed by atoms with Gasteiger partial charge in [0.1, 0.15) is 5.82 Å². The Morgan fingerprint density at radius 3 is 2.48 bits per heavy atom. The van der Waals surface area contributed by atoms with E-state index in [0.29, 0.717) is 10.8 Å². The van der Waals surface area contributed by atoms with Gasteiger partial charge in [-0.15, -0.1) is 0 Å². The number of anilines is 1. The molecule has 0 saturated heterocycles. The van der Waals surface area contributed by atoms with E-state index in [1.165, 1.54) is 0 Å². The Labute approximate surface area is 180 Å². The molecule has 0 spiro atoms. The molecule has 0 atom stereocenters. The van der Waals surface area contributed by atoms with Gasteiger partial charge in [-0.2, -0.15) is 16.9 Å². The van der Waals surface area contributed by atoms with Crippen molar-refractivity contribution in [3.8, 4) is 5.69 Å². The fourth-order valence-corrected chi connectivity index (χ4v) is 5.53. The predicted octanol–water partition coefficient (Wildman–Crippen LogP) is 5.37. The number of rotatable bonds is 4. The molecule has 152 valence electrons. The summed E-state index contributed by atoms with van der Waals surface area (Å²) in [5.41, 5.74) is 3.58. The third-order valence-electron chi connectivity index (χ3n) is 4.87. The van der Waals surface area contributed by atoms with Crippen molar-refractivity contribution in [1.29, 1.82) is 0 Å². The fourth-order valence-electron chi connectivity index (χ4n) is 3.23. The lowest BCUT2D eigenvalue weighted by Crippen LogP contribution is -2.17. The van der Waals surface area contributed by atoms with E-state index < -0.39 is 10.0 Å². The fraction of sp³-hybridized carbons (Fsp3) is 0.286. The number of benzene rings is 2. The van der Waals surface area contributed by atoms with E-state index >= 15 is 0 Å². The van der Waals surface area contributed by atoms with Gasteiger partial charge in [0.05, 0.1) is 16.3 Å². The third-order valence-corrected chi connectivity index (χ3v) is 7.43. The van der Waals surface area contributed by atoms with E-state index in [9.17, 15) is 8.42 Å². The first kappa shape index (κ1) is 20.3. The maximum absolute atomic E-state index is 13.1. The van der Waals surface area contributed by atoms with Crippen LogP contribution < -0.4 is 4.72 Å². The molecule has 0 amide bonds. The highest BCUT2D eigenvalue weighted by Crippen LogP contribution is 2.37. The first-order chi connectivity index (χ1) is 13.6. The van der Waals surface area contributed by atoms with Gasteiger partial charge in [-0.1, -0.05) is 50.6 Å². The highest BCUT2D eigenvalue weighted by atomic mass is 35.5. The van der Waals surface area contributed by atoms with Crippen molar-refractivity contribution in [2.45, 2.75) is 42.6 Å². The van der Waals surface area contributed by atoms with Crippen LogP contribution in [0.2, 0.25) is 5.02 Å². The number of fused-ring (bicyclic) bond motifs is 1. The molecule has 0 radical (unpaired) electrons. The number of thioether (sulfide) groups is 1. The quantitative estimate of drug-likeness (QED) is 0.583.